The second-order valence-electron chi connectivity index (χ2n) is 2.24. The molecule has 0 aromatic rings. The fourth-order valence-electron chi connectivity index (χ4n) is 0.653. The lowest BCUT2D eigenvalue weighted by atomic mass is 10.3. The Balaban J connectivity index is 3.32. The van der Waals surface area contributed by atoms with E-state index in [0.717, 1.165) is 6.54 Å². The highest BCUT2D eigenvalue weighted by Crippen LogP contribution is 1.85. The fourth-order valence-corrected chi connectivity index (χ4v) is 0.653. The van der Waals surface area contributed by atoms with Gasteiger partial charge in [-0.3, -0.25) is 5.43 Å². The molecule has 0 amide bonds. The van der Waals surface area contributed by atoms with E-state index < -0.39 is 0 Å². The Morgan fingerprint density at radius 2 is 2.00 bits per heavy atom. The van der Waals surface area contributed by atoms with E-state index in [9.17, 15) is 0 Å². The summed E-state index contributed by atoms with van der Waals surface area (Å²) in [6, 6.07) is 0.542. The van der Waals surface area contributed by atoms with E-state index in [1.54, 1.807) is 0 Å². The van der Waals surface area contributed by atoms with Crippen molar-refractivity contribution in [2.45, 2.75) is 13.0 Å². The van der Waals surface area contributed by atoms with Crippen LogP contribution in [0.2, 0.25) is 0 Å². The highest BCUT2D eigenvalue weighted by atomic mass is 15.5. The molecule has 1 unspecified atom stereocenters. The monoisotopic (exact) mass is 131 g/mol. The summed E-state index contributed by atoms with van der Waals surface area (Å²) in [6.45, 7) is 3.17. The van der Waals surface area contributed by atoms with Gasteiger partial charge in [0.05, 0.1) is 0 Å². The molecule has 0 saturated heterocycles. The van der Waals surface area contributed by atoms with E-state index in [4.69, 9.17) is 0 Å². The van der Waals surface area contributed by atoms with Gasteiger partial charge in [0.2, 0.25) is 0 Å². The lowest BCUT2D eigenvalue weighted by Crippen LogP contribution is -2.43. The first kappa shape index (κ1) is 8.88. The van der Waals surface area contributed by atoms with Gasteiger partial charge in [0.1, 0.15) is 0 Å². The van der Waals surface area contributed by atoms with Gasteiger partial charge < -0.3 is 5.32 Å². The Labute approximate surface area is 57.4 Å². The van der Waals surface area contributed by atoms with Crippen molar-refractivity contribution in [1.29, 1.82) is 0 Å². The predicted octanol–water partition coefficient (Wildman–Crippen LogP) is -0.339. The predicted molar refractivity (Wildman–Crippen MR) is 40.2 cm³/mol. The third-order valence-corrected chi connectivity index (χ3v) is 1.51. The normalized spacial score (nSPS) is 14.3. The molecule has 0 aliphatic carbocycles. The molecule has 56 valence electrons. The van der Waals surface area contributed by atoms with Gasteiger partial charge in [-0.25, -0.2) is 5.01 Å². The minimum Gasteiger partial charge on any atom is -0.318 e. The van der Waals surface area contributed by atoms with Crippen molar-refractivity contribution >= 4 is 0 Å². The zero-order chi connectivity index (χ0) is 7.28. The Bertz CT molecular complexity index is 65.3. The van der Waals surface area contributed by atoms with Gasteiger partial charge in [-0.15, -0.1) is 0 Å². The van der Waals surface area contributed by atoms with Crippen LogP contribution >= 0.6 is 0 Å². The second-order valence-corrected chi connectivity index (χ2v) is 2.24. The van der Waals surface area contributed by atoms with Crippen molar-refractivity contribution in [3.05, 3.63) is 0 Å². The fraction of sp³-hybridized carbons (Fsp3) is 1.00. The van der Waals surface area contributed by atoms with Crippen LogP contribution in [0.15, 0.2) is 0 Å². The Morgan fingerprint density at radius 3 is 2.33 bits per heavy atom. The van der Waals surface area contributed by atoms with Crippen LogP contribution in [-0.4, -0.2) is 38.7 Å². The van der Waals surface area contributed by atoms with Gasteiger partial charge in [0.25, 0.3) is 0 Å². The topological polar surface area (TPSA) is 27.3 Å². The van der Waals surface area contributed by atoms with Crippen LogP contribution in [0.3, 0.4) is 0 Å². The van der Waals surface area contributed by atoms with Crippen LogP contribution in [0.5, 0.6) is 0 Å². The van der Waals surface area contributed by atoms with Gasteiger partial charge >= 0.3 is 0 Å². The van der Waals surface area contributed by atoms with Gasteiger partial charge in [0.15, 0.2) is 0 Å². The van der Waals surface area contributed by atoms with E-state index in [-0.39, 0.29) is 0 Å². The third kappa shape index (κ3) is 3.46. The van der Waals surface area contributed by atoms with Crippen molar-refractivity contribution in [2.24, 2.45) is 0 Å². The first-order chi connectivity index (χ1) is 4.22. The molecular formula is C6H17N3. The minimum absolute atomic E-state index is 0.542. The standard InChI is InChI=1S/C6H17N3/c1-6(5-7-2)9(4)8-3/h6-8H,5H2,1-4H3. The lowest BCUT2D eigenvalue weighted by Gasteiger charge is -2.22. The molecule has 0 rings (SSSR count). The first-order valence-electron chi connectivity index (χ1n) is 3.27. The lowest BCUT2D eigenvalue weighted by molar-refractivity contribution is 0.192. The molecule has 0 aliphatic rings. The van der Waals surface area contributed by atoms with Crippen LogP contribution in [-0.2, 0) is 0 Å². The summed E-state index contributed by atoms with van der Waals surface area (Å²) >= 11 is 0. The summed E-state index contributed by atoms with van der Waals surface area (Å²) < 4.78 is 0. The highest BCUT2D eigenvalue weighted by molar-refractivity contribution is 4.59. The number of likely N-dealkylation sites (N-methyl/N-ethyl adjacent to an activating group) is 2. The number of nitrogens with one attached hydrogen (secondary N) is 2. The largest absolute Gasteiger partial charge is 0.318 e. The van der Waals surface area contributed by atoms with Crippen LogP contribution in [0.1, 0.15) is 6.92 Å². The van der Waals surface area contributed by atoms with E-state index in [1.807, 2.05) is 21.1 Å². The van der Waals surface area contributed by atoms with Crippen molar-refractivity contribution in [1.82, 2.24) is 15.8 Å². The molecule has 1 atom stereocenters. The molecule has 0 spiro atoms. The molecule has 3 heteroatoms. The maximum Gasteiger partial charge on any atom is 0.0336 e. The molecule has 9 heavy (non-hydrogen) atoms. The molecule has 0 aliphatic heterocycles. The van der Waals surface area contributed by atoms with Crippen molar-refractivity contribution in [2.75, 3.05) is 27.7 Å². The summed E-state index contributed by atoms with van der Waals surface area (Å²) in [6.07, 6.45) is 0. The van der Waals surface area contributed by atoms with E-state index in [2.05, 4.69) is 22.7 Å². The van der Waals surface area contributed by atoms with Crippen LogP contribution in [0.4, 0.5) is 0 Å². The molecule has 0 fully saturated rings. The summed E-state index contributed by atoms with van der Waals surface area (Å²) in [7, 11) is 5.91. The Hall–Kier alpha value is -0.120. The van der Waals surface area contributed by atoms with Crippen molar-refractivity contribution in [3.8, 4) is 0 Å². The second kappa shape index (κ2) is 4.73. The van der Waals surface area contributed by atoms with E-state index >= 15 is 0 Å². The number of hydrogen-bond donors (Lipinski definition) is 2. The number of hydrazine groups is 1. The zero-order valence-corrected chi connectivity index (χ0v) is 6.73. The molecule has 0 aromatic carbocycles. The van der Waals surface area contributed by atoms with Crippen LogP contribution in [0, 0.1) is 0 Å². The summed E-state index contributed by atoms with van der Waals surface area (Å²) in [5.41, 5.74) is 3.04. The number of nitrogens with zero attached hydrogens (tertiary/aromatic N) is 1. The molecule has 0 bridgehead atoms. The average Bonchev–Trinajstić information content (AvgIpc) is 1.87. The summed E-state index contributed by atoms with van der Waals surface area (Å²) in [5, 5.41) is 5.17. The molecule has 3 nitrogen and oxygen atoms in total. The molecule has 0 aromatic heterocycles. The first-order valence-corrected chi connectivity index (χ1v) is 3.27. The molecule has 2 N–H and O–H groups in total. The summed E-state index contributed by atoms with van der Waals surface area (Å²) in [5.74, 6) is 0. The minimum atomic E-state index is 0.542. The number of hydrogen-bond acceptors (Lipinski definition) is 3. The molecular weight excluding hydrogens is 114 g/mol. The van der Waals surface area contributed by atoms with Gasteiger partial charge in [-0.05, 0) is 21.0 Å². The van der Waals surface area contributed by atoms with E-state index in [1.165, 1.54) is 0 Å². The maximum atomic E-state index is 3.10. The zero-order valence-electron chi connectivity index (χ0n) is 6.73. The van der Waals surface area contributed by atoms with Gasteiger partial charge in [-0.2, -0.15) is 0 Å². The van der Waals surface area contributed by atoms with Crippen LogP contribution in [0.25, 0.3) is 0 Å². The van der Waals surface area contributed by atoms with Crippen LogP contribution < -0.4 is 10.7 Å². The van der Waals surface area contributed by atoms with Crippen molar-refractivity contribution < 1.29 is 0 Å². The Morgan fingerprint density at radius 1 is 1.44 bits per heavy atom. The molecule has 0 saturated carbocycles. The van der Waals surface area contributed by atoms with Crippen molar-refractivity contribution in [3.63, 3.8) is 0 Å². The SMILES string of the molecule is CNCC(C)N(C)NC. The number of rotatable bonds is 4. The Kier molecular flexibility index (Phi) is 4.67. The summed E-state index contributed by atoms with van der Waals surface area (Å²) in [4.78, 5) is 0. The third-order valence-electron chi connectivity index (χ3n) is 1.51. The quantitative estimate of drug-likeness (QED) is 0.511. The highest BCUT2D eigenvalue weighted by Gasteiger charge is 2.03. The smallest absolute Gasteiger partial charge is 0.0336 e. The van der Waals surface area contributed by atoms with E-state index in [0.29, 0.717) is 6.04 Å². The maximum absolute atomic E-state index is 3.10. The molecule has 0 radical (unpaired) electrons. The van der Waals surface area contributed by atoms with Gasteiger partial charge in [-0.1, -0.05) is 0 Å². The molecule has 0 heterocycles. The average molecular weight is 131 g/mol. The van der Waals surface area contributed by atoms with Gasteiger partial charge in [0, 0.05) is 19.6 Å².